The lowest BCUT2D eigenvalue weighted by molar-refractivity contribution is 0.102. The number of amides is 1. The van der Waals surface area contributed by atoms with Crippen LogP contribution in [0.15, 0.2) is 36.2 Å². The van der Waals surface area contributed by atoms with Crippen LogP contribution in [-0.2, 0) is 7.05 Å². The molecular formula is C19H18ClFN8O. The summed E-state index contributed by atoms with van der Waals surface area (Å²) in [6, 6.07) is 4.05. The van der Waals surface area contributed by atoms with Gasteiger partial charge in [-0.25, -0.2) is 9.37 Å². The zero-order valence-electron chi connectivity index (χ0n) is 16.3. The Morgan fingerprint density at radius 3 is 2.77 bits per heavy atom. The third kappa shape index (κ3) is 3.99. The number of halogens is 2. The van der Waals surface area contributed by atoms with E-state index in [1.165, 1.54) is 34.8 Å². The number of hydrogen-bond acceptors (Lipinski definition) is 7. The molecule has 0 bridgehead atoms. The third-order valence-corrected chi connectivity index (χ3v) is 5.11. The molecule has 2 aromatic heterocycles. The van der Waals surface area contributed by atoms with Crippen LogP contribution in [0.3, 0.4) is 0 Å². The molecule has 0 atom stereocenters. The van der Waals surface area contributed by atoms with Crippen LogP contribution in [0.5, 0.6) is 0 Å². The fourth-order valence-electron chi connectivity index (χ4n) is 3.17. The van der Waals surface area contributed by atoms with Gasteiger partial charge in [-0.1, -0.05) is 28.3 Å². The van der Waals surface area contributed by atoms with Gasteiger partial charge in [0, 0.05) is 13.1 Å². The van der Waals surface area contributed by atoms with Crippen LogP contribution in [0.2, 0.25) is 5.02 Å². The van der Waals surface area contributed by atoms with Gasteiger partial charge in [-0.3, -0.25) is 9.78 Å². The van der Waals surface area contributed by atoms with Crippen LogP contribution in [-0.4, -0.2) is 49.2 Å². The van der Waals surface area contributed by atoms with E-state index < -0.39 is 11.7 Å². The quantitative estimate of drug-likeness (QED) is 0.681. The van der Waals surface area contributed by atoms with Gasteiger partial charge in [0.15, 0.2) is 5.82 Å². The van der Waals surface area contributed by atoms with E-state index in [0.29, 0.717) is 18.2 Å². The summed E-state index contributed by atoms with van der Waals surface area (Å²) in [5.74, 6) is -0.635. The van der Waals surface area contributed by atoms with Crippen LogP contribution in [0.4, 0.5) is 16.2 Å². The Hall–Kier alpha value is -3.40. The first-order valence-electron chi connectivity index (χ1n) is 9.17. The molecule has 1 amide bonds. The van der Waals surface area contributed by atoms with E-state index in [-0.39, 0.29) is 16.4 Å². The molecule has 0 aliphatic carbocycles. The number of nitrogens with zero attached hydrogens (tertiary/aromatic N) is 7. The van der Waals surface area contributed by atoms with Crippen molar-refractivity contribution in [2.75, 3.05) is 23.3 Å². The minimum Gasteiger partial charge on any atom is -0.333 e. The lowest BCUT2D eigenvalue weighted by Crippen LogP contribution is -2.32. The van der Waals surface area contributed by atoms with E-state index in [4.69, 9.17) is 11.6 Å². The second kappa shape index (κ2) is 8.15. The molecule has 4 rings (SSSR count). The van der Waals surface area contributed by atoms with E-state index in [0.717, 1.165) is 18.5 Å². The highest BCUT2D eigenvalue weighted by atomic mass is 35.5. The Bertz CT molecular complexity index is 1110. The molecule has 0 fully saturated rings. The molecule has 0 unspecified atom stereocenters. The molecule has 3 heterocycles. The predicted octanol–water partition coefficient (Wildman–Crippen LogP) is 2.73. The number of nitrogens with one attached hydrogen (secondary N) is 1. The number of carbonyl (C=O) groups excluding carboxylic acids is 1. The summed E-state index contributed by atoms with van der Waals surface area (Å²) in [6.45, 7) is 3.41. The number of anilines is 2. The van der Waals surface area contributed by atoms with Gasteiger partial charge in [-0.2, -0.15) is 4.80 Å². The second-order valence-corrected chi connectivity index (χ2v) is 7.25. The van der Waals surface area contributed by atoms with Crippen LogP contribution in [0.1, 0.15) is 29.4 Å². The number of aryl methyl sites for hydroxylation is 1. The number of hydrogen-bond donors (Lipinski definition) is 1. The highest BCUT2D eigenvalue weighted by Crippen LogP contribution is 2.27. The summed E-state index contributed by atoms with van der Waals surface area (Å²) in [7, 11) is 1.72. The summed E-state index contributed by atoms with van der Waals surface area (Å²) in [6.07, 6.45) is 3.84. The zero-order chi connectivity index (χ0) is 21.3. The summed E-state index contributed by atoms with van der Waals surface area (Å²) in [5.41, 5.74) is 2.65. The lowest BCUT2D eigenvalue weighted by Gasteiger charge is -2.28. The first kappa shape index (κ1) is 19.9. The monoisotopic (exact) mass is 428 g/mol. The first-order valence-corrected chi connectivity index (χ1v) is 9.55. The predicted molar refractivity (Wildman–Crippen MR) is 110 cm³/mol. The Morgan fingerprint density at radius 1 is 1.27 bits per heavy atom. The molecule has 154 valence electrons. The van der Waals surface area contributed by atoms with Crippen LogP contribution in [0.25, 0.3) is 5.57 Å². The Kier molecular flexibility index (Phi) is 5.40. The molecule has 1 aromatic carbocycles. The van der Waals surface area contributed by atoms with Gasteiger partial charge in [0.2, 0.25) is 0 Å². The minimum atomic E-state index is -0.703. The SMILES string of the molecule is CC1=C(c2cnc(NC(=O)c3c(F)cccc3Cl)cn2)CN(c2nnn(C)n2)CC1. The highest BCUT2D eigenvalue weighted by molar-refractivity contribution is 6.34. The molecule has 30 heavy (non-hydrogen) atoms. The van der Waals surface area contributed by atoms with Crippen molar-refractivity contribution in [3.05, 3.63) is 58.3 Å². The van der Waals surface area contributed by atoms with Crippen molar-refractivity contribution in [1.82, 2.24) is 30.2 Å². The van der Waals surface area contributed by atoms with Crippen molar-refractivity contribution in [2.45, 2.75) is 13.3 Å². The standard InChI is InChI=1S/C19H18ClFN8O/c1-11-6-7-29(19-25-27-28(2)26-19)10-12(11)15-8-23-16(9-22-15)24-18(30)17-13(20)4-3-5-14(17)21/h3-5,8-9H,6-7,10H2,1-2H3,(H,23,24,30). The molecule has 1 N–H and O–H groups in total. The molecule has 0 spiro atoms. The van der Waals surface area contributed by atoms with E-state index in [9.17, 15) is 9.18 Å². The first-order chi connectivity index (χ1) is 14.4. The maximum Gasteiger partial charge on any atom is 0.266 e. The number of tetrazole rings is 1. The van der Waals surface area contributed by atoms with Crippen molar-refractivity contribution < 1.29 is 9.18 Å². The zero-order valence-corrected chi connectivity index (χ0v) is 17.1. The molecule has 1 aliphatic rings. The fraction of sp³-hybridized carbons (Fsp3) is 0.263. The van der Waals surface area contributed by atoms with Crippen molar-refractivity contribution in [2.24, 2.45) is 7.05 Å². The number of carbonyl (C=O) groups is 1. The summed E-state index contributed by atoms with van der Waals surface area (Å²) < 4.78 is 13.9. The van der Waals surface area contributed by atoms with Gasteiger partial charge in [0.1, 0.15) is 5.82 Å². The molecule has 0 saturated heterocycles. The topological polar surface area (TPSA) is 102 Å². The summed E-state index contributed by atoms with van der Waals surface area (Å²) in [4.78, 5) is 24.5. The fourth-order valence-corrected chi connectivity index (χ4v) is 3.42. The Morgan fingerprint density at radius 2 is 2.10 bits per heavy atom. The molecule has 11 heteroatoms. The van der Waals surface area contributed by atoms with Crippen molar-refractivity contribution in [3.8, 4) is 0 Å². The van der Waals surface area contributed by atoms with E-state index >= 15 is 0 Å². The average molecular weight is 429 g/mol. The molecular weight excluding hydrogens is 411 g/mol. The molecule has 3 aromatic rings. The summed E-state index contributed by atoms with van der Waals surface area (Å²) >= 11 is 5.94. The Balaban J connectivity index is 1.51. The number of aromatic nitrogens is 6. The van der Waals surface area contributed by atoms with Crippen molar-refractivity contribution in [1.29, 1.82) is 0 Å². The van der Waals surface area contributed by atoms with Gasteiger partial charge < -0.3 is 10.2 Å². The van der Waals surface area contributed by atoms with E-state index in [2.05, 4.69) is 30.7 Å². The highest BCUT2D eigenvalue weighted by Gasteiger charge is 2.22. The maximum absolute atomic E-state index is 13.9. The largest absolute Gasteiger partial charge is 0.333 e. The van der Waals surface area contributed by atoms with Crippen molar-refractivity contribution >= 4 is 34.8 Å². The van der Waals surface area contributed by atoms with E-state index in [1.807, 2.05) is 11.8 Å². The van der Waals surface area contributed by atoms with Gasteiger partial charge in [-0.15, -0.1) is 5.10 Å². The summed E-state index contributed by atoms with van der Waals surface area (Å²) in [5, 5.41) is 14.7. The van der Waals surface area contributed by atoms with Crippen LogP contribution >= 0.6 is 11.6 Å². The molecule has 9 nitrogen and oxygen atoms in total. The number of rotatable bonds is 4. The van der Waals surface area contributed by atoms with Crippen molar-refractivity contribution in [3.63, 3.8) is 0 Å². The molecule has 0 radical (unpaired) electrons. The third-order valence-electron chi connectivity index (χ3n) is 4.79. The van der Waals surface area contributed by atoms with Crippen LogP contribution < -0.4 is 10.2 Å². The van der Waals surface area contributed by atoms with Gasteiger partial charge in [-0.05, 0) is 36.3 Å². The number of benzene rings is 1. The van der Waals surface area contributed by atoms with Crippen LogP contribution in [0, 0.1) is 5.82 Å². The normalized spacial score (nSPS) is 14.2. The average Bonchev–Trinajstić information content (AvgIpc) is 3.15. The van der Waals surface area contributed by atoms with E-state index in [1.54, 1.807) is 13.2 Å². The molecule has 0 saturated carbocycles. The Labute approximate surface area is 176 Å². The van der Waals surface area contributed by atoms with Gasteiger partial charge >= 0.3 is 0 Å². The van der Waals surface area contributed by atoms with Gasteiger partial charge in [0.25, 0.3) is 11.9 Å². The maximum atomic E-state index is 13.9. The second-order valence-electron chi connectivity index (χ2n) is 6.85. The van der Waals surface area contributed by atoms with Gasteiger partial charge in [0.05, 0.1) is 35.7 Å². The lowest BCUT2D eigenvalue weighted by atomic mass is 9.99. The molecule has 1 aliphatic heterocycles. The smallest absolute Gasteiger partial charge is 0.266 e. The minimum absolute atomic E-state index is 0.0257.